The van der Waals surface area contributed by atoms with Gasteiger partial charge in [0.15, 0.2) is 5.92 Å². The van der Waals surface area contributed by atoms with Crippen molar-refractivity contribution in [1.29, 1.82) is 0 Å². The maximum atomic E-state index is 12.3. The molecule has 4 nitrogen and oxygen atoms in total. The Labute approximate surface area is 91.7 Å². The van der Waals surface area contributed by atoms with Gasteiger partial charge in [0, 0.05) is 13.1 Å². The number of aliphatic carboxylic acids is 1. The molecule has 2 N–H and O–H groups in total. The Kier molecular flexibility index (Phi) is 5.74. The number of rotatable bonds is 6. The molecule has 0 aromatic heterocycles. The average Bonchev–Trinajstić information content (AvgIpc) is 2.08. The molecule has 0 fully saturated rings. The molecule has 0 rings (SSSR count). The number of carboxylic acids is 1. The quantitative estimate of drug-likeness (QED) is 0.729. The maximum Gasteiger partial charge on any atom is 0.403 e. The third-order valence-corrected chi connectivity index (χ3v) is 2.12. The number of alkyl halides is 3. The minimum atomic E-state index is -4.75. The Bertz CT molecular complexity index is 231. The number of carbonyl (C=O) groups is 1. The fourth-order valence-corrected chi connectivity index (χ4v) is 1.13. The van der Waals surface area contributed by atoms with Crippen molar-refractivity contribution in [2.45, 2.75) is 25.6 Å². The van der Waals surface area contributed by atoms with E-state index in [-0.39, 0.29) is 6.54 Å². The number of hydrogen-bond acceptors (Lipinski definition) is 3. The molecule has 2 atom stereocenters. The summed E-state index contributed by atoms with van der Waals surface area (Å²) in [6.07, 6.45) is -5.05. The van der Waals surface area contributed by atoms with Crippen LogP contribution >= 0.6 is 0 Å². The van der Waals surface area contributed by atoms with Gasteiger partial charge in [0.1, 0.15) is 0 Å². The van der Waals surface area contributed by atoms with Crippen molar-refractivity contribution in [2.75, 3.05) is 20.1 Å². The van der Waals surface area contributed by atoms with Crippen LogP contribution in [-0.2, 0) is 4.79 Å². The summed E-state index contributed by atoms with van der Waals surface area (Å²) in [6, 6.07) is 0. The van der Waals surface area contributed by atoms with Crippen LogP contribution in [0.4, 0.5) is 13.2 Å². The Morgan fingerprint density at radius 2 is 1.94 bits per heavy atom. The second-order valence-electron chi connectivity index (χ2n) is 3.83. The predicted molar refractivity (Wildman–Crippen MR) is 51.0 cm³/mol. The first-order valence-electron chi connectivity index (χ1n) is 4.80. The minimum Gasteiger partial charge on any atom is -0.481 e. The van der Waals surface area contributed by atoms with Crippen molar-refractivity contribution in [3.05, 3.63) is 0 Å². The molecule has 0 heterocycles. The van der Waals surface area contributed by atoms with Crippen molar-refractivity contribution in [2.24, 2.45) is 5.92 Å². The molecule has 0 saturated heterocycles. The van der Waals surface area contributed by atoms with E-state index in [9.17, 15) is 18.0 Å². The van der Waals surface area contributed by atoms with E-state index in [4.69, 9.17) is 10.2 Å². The van der Waals surface area contributed by atoms with Crippen molar-refractivity contribution < 1.29 is 28.2 Å². The SMILES string of the molecule is CC(O)CCN(C)CC(C(=O)O)C(F)(F)F. The minimum absolute atomic E-state index is 0.220. The molecule has 7 heteroatoms. The molecule has 0 spiro atoms. The van der Waals surface area contributed by atoms with E-state index < -0.39 is 30.7 Å². The number of carboxylic acid groups (broad SMARTS) is 1. The highest BCUT2D eigenvalue weighted by molar-refractivity contribution is 5.71. The lowest BCUT2D eigenvalue weighted by atomic mass is 10.1. The number of aliphatic hydroxyl groups excluding tert-OH is 1. The Balaban J connectivity index is 4.25. The smallest absolute Gasteiger partial charge is 0.403 e. The summed E-state index contributed by atoms with van der Waals surface area (Å²) in [7, 11) is 1.39. The van der Waals surface area contributed by atoms with Crippen LogP contribution in [0.25, 0.3) is 0 Å². The molecule has 0 bridgehead atoms. The zero-order valence-electron chi connectivity index (χ0n) is 9.16. The van der Waals surface area contributed by atoms with Gasteiger partial charge in [-0.2, -0.15) is 13.2 Å². The summed E-state index contributed by atoms with van der Waals surface area (Å²) in [5, 5.41) is 17.4. The van der Waals surface area contributed by atoms with E-state index in [1.165, 1.54) is 18.9 Å². The molecule has 0 saturated carbocycles. The third kappa shape index (κ3) is 5.92. The van der Waals surface area contributed by atoms with Crippen molar-refractivity contribution >= 4 is 5.97 Å². The summed E-state index contributed by atoms with van der Waals surface area (Å²) in [5.74, 6) is -4.26. The van der Waals surface area contributed by atoms with E-state index in [2.05, 4.69) is 0 Å². The van der Waals surface area contributed by atoms with Crippen LogP contribution in [0.2, 0.25) is 0 Å². The number of aliphatic hydroxyl groups is 1. The molecule has 0 aromatic carbocycles. The lowest BCUT2D eigenvalue weighted by molar-refractivity contribution is -0.196. The van der Waals surface area contributed by atoms with E-state index in [0.29, 0.717) is 6.42 Å². The fourth-order valence-electron chi connectivity index (χ4n) is 1.13. The van der Waals surface area contributed by atoms with Crippen LogP contribution in [0.5, 0.6) is 0 Å². The highest BCUT2D eigenvalue weighted by Crippen LogP contribution is 2.27. The number of hydrogen-bond donors (Lipinski definition) is 2. The van der Waals surface area contributed by atoms with Crippen LogP contribution in [0.3, 0.4) is 0 Å². The van der Waals surface area contributed by atoms with E-state index in [1.807, 2.05) is 0 Å². The lowest BCUT2D eigenvalue weighted by Crippen LogP contribution is -2.40. The number of halogens is 3. The molecule has 0 aromatic rings. The summed E-state index contributed by atoms with van der Waals surface area (Å²) < 4.78 is 36.8. The Morgan fingerprint density at radius 1 is 1.44 bits per heavy atom. The van der Waals surface area contributed by atoms with E-state index >= 15 is 0 Å². The normalized spacial score (nSPS) is 16.2. The molecule has 0 amide bonds. The molecule has 0 aliphatic rings. The van der Waals surface area contributed by atoms with Crippen LogP contribution in [0.15, 0.2) is 0 Å². The van der Waals surface area contributed by atoms with Crippen molar-refractivity contribution in [1.82, 2.24) is 4.90 Å². The second kappa shape index (κ2) is 6.05. The van der Waals surface area contributed by atoms with Gasteiger partial charge in [-0.3, -0.25) is 4.79 Å². The average molecular weight is 243 g/mol. The van der Waals surface area contributed by atoms with Gasteiger partial charge in [-0.1, -0.05) is 0 Å². The van der Waals surface area contributed by atoms with Crippen LogP contribution in [0.1, 0.15) is 13.3 Å². The van der Waals surface area contributed by atoms with Gasteiger partial charge >= 0.3 is 12.1 Å². The van der Waals surface area contributed by atoms with Gasteiger partial charge in [-0.25, -0.2) is 0 Å². The lowest BCUT2D eigenvalue weighted by Gasteiger charge is -2.23. The molecule has 0 radical (unpaired) electrons. The van der Waals surface area contributed by atoms with Gasteiger partial charge in [-0.05, 0) is 20.4 Å². The first kappa shape index (κ1) is 15.2. The van der Waals surface area contributed by atoms with Crippen molar-refractivity contribution in [3.63, 3.8) is 0 Å². The van der Waals surface area contributed by atoms with Gasteiger partial charge in [0.05, 0.1) is 6.10 Å². The number of nitrogens with zero attached hydrogens (tertiary/aromatic N) is 1. The van der Waals surface area contributed by atoms with E-state index in [1.54, 1.807) is 0 Å². The molecule has 0 aliphatic heterocycles. The first-order chi connectivity index (χ1) is 7.14. The van der Waals surface area contributed by atoms with Gasteiger partial charge in [0.2, 0.25) is 0 Å². The van der Waals surface area contributed by atoms with Gasteiger partial charge < -0.3 is 15.1 Å². The Hall–Kier alpha value is -0.820. The summed E-state index contributed by atoms with van der Waals surface area (Å²) >= 11 is 0. The maximum absolute atomic E-state index is 12.3. The monoisotopic (exact) mass is 243 g/mol. The summed E-state index contributed by atoms with van der Waals surface area (Å²) in [6.45, 7) is 1.13. The van der Waals surface area contributed by atoms with Crippen molar-refractivity contribution in [3.8, 4) is 0 Å². The predicted octanol–water partition coefficient (Wildman–Crippen LogP) is 0.952. The van der Waals surface area contributed by atoms with Gasteiger partial charge in [-0.15, -0.1) is 0 Å². The molecular formula is C9H16F3NO3. The third-order valence-electron chi connectivity index (χ3n) is 2.12. The van der Waals surface area contributed by atoms with Gasteiger partial charge in [0.25, 0.3) is 0 Å². The Morgan fingerprint density at radius 3 is 2.25 bits per heavy atom. The van der Waals surface area contributed by atoms with Crippen LogP contribution < -0.4 is 0 Å². The molecule has 96 valence electrons. The fraction of sp³-hybridized carbons (Fsp3) is 0.889. The van der Waals surface area contributed by atoms with Crippen LogP contribution in [-0.4, -0.2) is 53.5 Å². The zero-order chi connectivity index (χ0) is 12.9. The second-order valence-corrected chi connectivity index (χ2v) is 3.83. The zero-order valence-corrected chi connectivity index (χ0v) is 9.16. The molecule has 0 aliphatic carbocycles. The largest absolute Gasteiger partial charge is 0.481 e. The molecule has 16 heavy (non-hydrogen) atoms. The topological polar surface area (TPSA) is 60.8 Å². The molecular weight excluding hydrogens is 227 g/mol. The summed E-state index contributed by atoms with van der Waals surface area (Å²) in [4.78, 5) is 11.7. The standard InChI is InChI=1S/C9H16F3NO3/c1-6(14)3-4-13(2)5-7(8(15)16)9(10,11)12/h6-7,14H,3-5H2,1-2H3,(H,15,16). The van der Waals surface area contributed by atoms with Crippen LogP contribution in [0, 0.1) is 5.92 Å². The van der Waals surface area contributed by atoms with E-state index in [0.717, 1.165) is 0 Å². The highest BCUT2D eigenvalue weighted by atomic mass is 19.4. The first-order valence-corrected chi connectivity index (χ1v) is 4.80. The molecule has 2 unspecified atom stereocenters. The summed E-state index contributed by atoms with van der Waals surface area (Å²) in [5.41, 5.74) is 0. The highest BCUT2D eigenvalue weighted by Gasteiger charge is 2.45.